The summed E-state index contributed by atoms with van der Waals surface area (Å²) in [5.74, 6) is 1.56. The molecule has 0 saturated carbocycles. The molecule has 0 bridgehead atoms. The zero-order valence-electron chi connectivity index (χ0n) is 10.6. The molecule has 2 rings (SSSR count). The van der Waals surface area contributed by atoms with Gasteiger partial charge in [0.05, 0.1) is 6.54 Å². The van der Waals surface area contributed by atoms with Crippen molar-refractivity contribution in [3.05, 3.63) is 34.5 Å². The maximum absolute atomic E-state index is 4.77. The Labute approximate surface area is 114 Å². The van der Waals surface area contributed by atoms with Gasteiger partial charge in [0.15, 0.2) is 0 Å². The Hall–Kier alpha value is -1.43. The lowest BCUT2D eigenvalue weighted by Crippen LogP contribution is -2.17. The smallest absolute Gasteiger partial charge is 0.137 e. The standard InChI is InChI=1S/C12H15BrN4O/c1-12(2,3)11-15-9(13)6-10(16-11)14-7-8-4-5-18-17-8/h4-6H,7H2,1-3H3,(H,14,15,16). The summed E-state index contributed by atoms with van der Waals surface area (Å²) < 4.78 is 5.54. The Bertz CT molecular complexity index is 519. The molecule has 0 saturated heterocycles. The Morgan fingerprint density at radius 1 is 1.33 bits per heavy atom. The van der Waals surface area contributed by atoms with E-state index >= 15 is 0 Å². The highest BCUT2D eigenvalue weighted by Crippen LogP contribution is 2.22. The highest BCUT2D eigenvalue weighted by Gasteiger charge is 2.18. The summed E-state index contributed by atoms with van der Waals surface area (Å²) in [5, 5.41) is 7.03. The fraction of sp³-hybridized carbons (Fsp3) is 0.417. The molecule has 0 fully saturated rings. The fourth-order valence-corrected chi connectivity index (χ4v) is 1.74. The van der Waals surface area contributed by atoms with Crippen LogP contribution in [0, 0.1) is 0 Å². The molecule has 0 aromatic carbocycles. The number of nitrogens with zero attached hydrogens (tertiary/aromatic N) is 3. The van der Waals surface area contributed by atoms with E-state index in [-0.39, 0.29) is 5.41 Å². The van der Waals surface area contributed by atoms with Gasteiger partial charge >= 0.3 is 0 Å². The van der Waals surface area contributed by atoms with Crippen LogP contribution in [0.1, 0.15) is 32.3 Å². The Morgan fingerprint density at radius 3 is 2.72 bits per heavy atom. The van der Waals surface area contributed by atoms with Crippen molar-refractivity contribution in [3.8, 4) is 0 Å². The van der Waals surface area contributed by atoms with Crippen molar-refractivity contribution in [1.82, 2.24) is 15.1 Å². The molecule has 2 aromatic rings. The predicted molar refractivity (Wildman–Crippen MR) is 72.3 cm³/mol. The molecule has 0 atom stereocenters. The van der Waals surface area contributed by atoms with Crippen molar-refractivity contribution >= 4 is 21.7 Å². The molecule has 1 N–H and O–H groups in total. The average molecular weight is 311 g/mol. The highest BCUT2D eigenvalue weighted by atomic mass is 79.9. The van der Waals surface area contributed by atoms with Gasteiger partial charge in [-0.25, -0.2) is 9.97 Å². The number of hydrogen-bond acceptors (Lipinski definition) is 5. The molecule has 96 valence electrons. The van der Waals surface area contributed by atoms with E-state index in [0.29, 0.717) is 6.54 Å². The quantitative estimate of drug-likeness (QED) is 0.882. The molecule has 6 heteroatoms. The van der Waals surface area contributed by atoms with Gasteiger partial charge in [0, 0.05) is 17.5 Å². The van der Waals surface area contributed by atoms with Gasteiger partial charge in [-0.2, -0.15) is 0 Å². The van der Waals surface area contributed by atoms with Gasteiger partial charge in [0.25, 0.3) is 0 Å². The molecule has 2 heterocycles. The molecule has 0 aliphatic heterocycles. The molecular weight excluding hydrogens is 296 g/mol. The van der Waals surface area contributed by atoms with E-state index in [0.717, 1.165) is 21.9 Å². The van der Waals surface area contributed by atoms with E-state index in [9.17, 15) is 0 Å². The summed E-state index contributed by atoms with van der Waals surface area (Å²) >= 11 is 3.40. The van der Waals surface area contributed by atoms with E-state index in [1.54, 1.807) is 6.26 Å². The topological polar surface area (TPSA) is 63.8 Å². The van der Waals surface area contributed by atoms with Gasteiger partial charge in [-0.15, -0.1) is 0 Å². The van der Waals surface area contributed by atoms with E-state index in [4.69, 9.17) is 4.52 Å². The first-order chi connectivity index (χ1) is 8.45. The molecule has 0 amide bonds. The van der Waals surface area contributed by atoms with Gasteiger partial charge in [-0.05, 0) is 15.9 Å². The number of hydrogen-bond donors (Lipinski definition) is 1. The highest BCUT2D eigenvalue weighted by molar-refractivity contribution is 9.10. The molecule has 5 nitrogen and oxygen atoms in total. The van der Waals surface area contributed by atoms with E-state index in [2.05, 4.69) is 57.1 Å². The van der Waals surface area contributed by atoms with Crippen LogP contribution < -0.4 is 5.32 Å². The summed E-state index contributed by atoms with van der Waals surface area (Å²) in [7, 11) is 0. The van der Waals surface area contributed by atoms with Crippen LogP contribution in [-0.2, 0) is 12.0 Å². The summed E-state index contributed by atoms with van der Waals surface area (Å²) in [6.45, 7) is 6.81. The van der Waals surface area contributed by atoms with Gasteiger partial charge < -0.3 is 9.84 Å². The van der Waals surface area contributed by atoms with Crippen LogP contribution in [0.15, 0.2) is 27.5 Å². The maximum atomic E-state index is 4.77. The first-order valence-corrected chi connectivity index (χ1v) is 6.42. The fourth-order valence-electron chi connectivity index (χ4n) is 1.35. The van der Waals surface area contributed by atoms with Gasteiger partial charge in [-0.3, -0.25) is 0 Å². The first kappa shape index (κ1) is 13.0. The minimum absolute atomic E-state index is 0.0892. The number of rotatable bonds is 3. The van der Waals surface area contributed by atoms with Gasteiger partial charge in [0.2, 0.25) is 0 Å². The van der Waals surface area contributed by atoms with Crippen LogP contribution in [0.2, 0.25) is 0 Å². The van der Waals surface area contributed by atoms with Crippen molar-refractivity contribution in [2.75, 3.05) is 5.32 Å². The number of nitrogens with one attached hydrogen (secondary N) is 1. The van der Waals surface area contributed by atoms with E-state index < -0.39 is 0 Å². The maximum Gasteiger partial charge on any atom is 0.137 e. The normalized spacial score (nSPS) is 11.6. The minimum atomic E-state index is -0.0892. The van der Waals surface area contributed by atoms with Crippen molar-refractivity contribution in [3.63, 3.8) is 0 Å². The summed E-state index contributed by atoms with van der Waals surface area (Å²) in [6, 6.07) is 3.66. The third-order valence-electron chi connectivity index (χ3n) is 2.31. The Morgan fingerprint density at radius 2 is 2.11 bits per heavy atom. The number of anilines is 1. The Balaban J connectivity index is 2.15. The van der Waals surface area contributed by atoms with E-state index in [1.165, 1.54) is 0 Å². The van der Waals surface area contributed by atoms with Gasteiger partial charge in [0.1, 0.15) is 28.2 Å². The zero-order valence-corrected chi connectivity index (χ0v) is 12.2. The second-order valence-electron chi connectivity index (χ2n) is 4.99. The van der Waals surface area contributed by atoms with Crippen molar-refractivity contribution < 1.29 is 4.52 Å². The Kier molecular flexibility index (Phi) is 3.65. The molecule has 0 aliphatic carbocycles. The van der Waals surface area contributed by atoms with Crippen LogP contribution in [0.3, 0.4) is 0 Å². The second kappa shape index (κ2) is 5.06. The lowest BCUT2D eigenvalue weighted by atomic mass is 9.96. The van der Waals surface area contributed by atoms with Crippen LogP contribution in [0.4, 0.5) is 5.82 Å². The molecule has 0 unspecified atom stereocenters. The van der Waals surface area contributed by atoms with E-state index in [1.807, 2.05) is 12.1 Å². The summed E-state index contributed by atoms with van der Waals surface area (Å²) in [6.07, 6.45) is 1.55. The molecule has 18 heavy (non-hydrogen) atoms. The number of aromatic nitrogens is 3. The predicted octanol–water partition coefficient (Wildman–Crippen LogP) is 3.14. The lowest BCUT2D eigenvalue weighted by Gasteiger charge is -2.17. The van der Waals surface area contributed by atoms with Crippen molar-refractivity contribution in [2.45, 2.75) is 32.7 Å². The first-order valence-electron chi connectivity index (χ1n) is 5.63. The van der Waals surface area contributed by atoms with Crippen LogP contribution in [0.25, 0.3) is 0 Å². The molecule has 0 aliphatic rings. The van der Waals surface area contributed by atoms with Crippen molar-refractivity contribution in [2.24, 2.45) is 0 Å². The van der Waals surface area contributed by atoms with Crippen LogP contribution in [-0.4, -0.2) is 15.1 Å². The molecule has 0 spiro atoms. The third kappa shape index (κ3) is 3.29. The largest absolute Gasteiger partial charge is 0.364 e. The van der Waals surface area contributed by atoms with Crippen LogP contribution >= 0.6 is 15.9 Å². The molecule has 2 aromatic heterocycles. The molecular formula is C12H15BrN4O. The zero-order chi connectivity index (χ0) is 13.2. The van der Waals surface area contributed by atoms with Crippen molar-refractivity contribution in [1.29, 1.82) is 0 Å². The average Bonchev–Trinajstić information content (AvgIpc) is 2.77. The molecule has 0 radical (unpaired) electrons. The lowest BCUT2D eigenvalue weighted by molar-refractivity contribution is 0.412. The van der Waals surface area contributed by atoms with Gasteiger partial charge in [-0.1, -0.05) is 25.9 Å². The second-order valence-corrected chi connectivity index (χ2v) is 5.81. The SMILES string of the molecule is CC(C)(C)c1nc(Br)cc(NCc2ccon2)n1. The minimum Gasteiger partial charge on any atom is -0.364 e. The number of halogens is 1. The third-order valence-corrected chi connectivity index (χ3v) is 2.71. The summed E-state index contributed by atoms with van der Waals surface area (Å²) in [4.78, 5) is 8.88. The summed E-state index contributed by atoms with van der Waals surface area (Å²) in [5.41, 5.74) is 0.746. The van der Waals surface area contributed by atoms with Crippen LogP contribution in [0.5, 0.6) is 0 Å². The monoisotopic (exact) mass is 310 g/mol.